The van der Waals surface area contributed by atoms with Gasteiger partial charge in [0.15, 0.2) is 11.6 Å². The first-order valence-corrected chi connectivity index (χ1v) is 10.9. The van der Waals surface area contributed by atoms with Crippen LogP contribution in [0.25, 0.3) is 11.1 Å². The number of aryl methyl sites for hydroxylation is 1. The van der Waals surface area contributed by atoms with Gasteiger partial charge in [-0.2, -0.15) is 15.5 Å². The number of carbonyl (C=O) groups is 1. The minimum Gasteiger partial charge on any atom is -0.379 e. The first-order valence-electron chi connectivity index (χ1n) is 10.9. The average Bonchev–Trinajstić information content (AvgIpc) is 3.55. The first kappa shape index (κ1) is 21.2. The number of hydrogen-bond acceptors (Lipinski definition) is 6. The second-order valence-electron chi connectivity index (χ2n) is 8.42. The van der Waals surface area contributed by atoms with Gasteiger partial charge in [-0.05, 0) is 12.5 Å². The maximum atomic E-state index is 15.4. The van der Waals surface area contributed by atoms with E-state index in [0.717, 1.165) is 17.7 Å². The Morgan fingerprint density at radius 3 is 2.91 bits per heavy atom. The Morgan fingerprint density at radius 2 is 2.24 bits per heavy atom. The summed E-state index contributed by atoms with van der Waals surface area (Å²) in [6.07, 6.45) is 4.87. The summed E-state index contributed by atoms with van der Waals surface area (Å²) in [4.78, 5) is 13.8. The second-order valence-corrected chi connectivity index (χ2v) is 8.42. The number of anilines is 2. The van der Waals surface area contributed by atoms with Crippen molar-refractivity contribution in [2.24, 2.45) is 7.05 Å². The van der Waals surface area contributed by atoms with Crippen molar-refractivity contribution < 1.29 is 13.9 Å². The summed E-state index contributed by atoms with van der Waals surface area (Å²) >= 11 is 0. The van der Waals surface area contributed by atoms with Crippen LogP contribution in [0.1, 0.15) is 36.2 Å². The van der Waals surface area contributed by atoms with Crippen molar-refractivity contribution in [1.82, 2.24) is 24.5 Å². The van der Waals surface area contributed by atoms with E-state index in [2.05, 4.69) is 10.4 Å². The number of nitrogens with zero attached hydrogens (tertiary/aromatic N) is 6. The zero-order chi connectivity index (χ0) is 23.1. The number of halogens is 1. The molecule has 3 aromatic rings. The lowest BCUT2D eigenvalue weighted by Crippen LogP contribution is -2.35. The van der Waals surface area contributed by atoms with Crippen LogP contribution in [-0.4, -0.2) is 50.1 Å². The molecule has 10 heteroatoms. The first-order chi connectivity index (χ1) is 16.0. The maximum absolute atomic E-state index is 15.4. The standard InChI is InChI=1S/C23H24FN7O2/c1-14(32)30-7-5-21-19(12-30)23(28-31(21)16-6-8-33-13-16)27-20-4-3-17(18(9-25)22(20)24)15-10-26-29(2)11-15/h3-4,10-11,16H,5-8,12-13H2,1-2H3,(H,27,28). The predicted molar refractivity (Wildman–Crippen MR) is 118 cm³/mol. The number of rotatable bonds is 4. The van der Waals surface area contributed by atoms with E-state index in [1.54, 1.807) is 48.1 Å². The van der Waals surface area contributed by atoms with Gasteiger partial charge in [-0.1, -0.05) is 6.07 Å². The summed E-state index contributed by atoms with van der Waals surface area (Å²) in [7, 11) is 1.76. The van der Waals surface area contributed by atoms with Gasteiger partial charge in [0.2, 0.25) is 5.91 Å². The molecular weight excluding hydrogens is 425 g/mol. The Bertz CT molecular complexity index is 1270. The number of ether oxygens (including phenoxy) is 1. The number of fused-ring (bicyclic) bond motifs is 1. The molecule has 1 amide bonds. The Hall–Kier alpha value is -3.71. The molecular formula is C23H24FN7O2. The molecule has 0 saturated carbocycles. The number of hydrogen-bond donors (Lipinski definition) is 1. The number of aromatic nitrogens is 4. The SMILES string of the molecule is CC(=O)N1CCc2c(c(Nc3ccc(-c4cnn(C)c4)c(C#N)c3F)nn2C2CCOC2)C1. The normalized spacial score (nSPS) is 17.6. The maximum Gasteiger partial charge on any atom is 0.219 e. The molecule has 0 bridgehead atoms. The van der Waals surface area contributed by atoms with Gasteiger partial charge in [-0.3, -0.25) is 14.2 Å². The van der Waals surface area contributed by atoms with Gasteiger partial charge in [0.1, 0.15) is 6.07 Å². The molecule has 4 heterocycles. The van der Waals surface area contributed by atoms with Crippen LogP contribution in [0.3, 0.4) is 0 Å². The summed E-state index contributed by atoms with van der Waals surface area (Å²) in [5.74, 6) is -0.160. The Morgan fingerprint density at radius 1 is 1.39 bits per heavy atom. The smallest absolute Gasteiger partial charge is 0.219 e. The molecule has 1 fully saturated rings. The number of nitriles is 1. The second kappa shape index (κ2) is 8.33. The van der Waals surface area contributed by atoms with Crippen LogP contribution < -0.4 is 5.32 Å². The molecule has 9 nitrogen and oxygen atoms in total. The monoisotopic (exact) mass is 449 g/mol. The van der Waals surface area contributed by atoms with Gasteiger partial charge in [0.25, 0.3) is 0 Å². The van der Waals surface area contributed by atoms with E-state index in [4.69, 9.17) is 9.84 Å². The lowest BCUT2D eigenvalue weighted by Gasteiger charge is -2.27. The van der Waals surface area contributed by atoms with E-state index in [1.807, 2.05) is 10.8 Å². The molecule has 1 aromatic carbocycles. The number of nitrogens with one attached hydrogen (secondary N) is 1. The van der Waals surface area contributed by atoms with Crippen LogP contribution >= 0.6 is 0 Å². The van der Waals surface area contributed by atoms with Gasteiger partial charge >= 0.3 is 0 Å². The summed E-state index contributed by atoms with van der Waals surface area (Å²) in [5, 5.41) is 21.7. The van der Waals surface area contributed by atoms with Gasteiger partial charge in [0, 0.05) is 62.1 Å². The van der Waals surface area contributed by atoms with Crippen molar-refractivity contribution in [3.05, 3.63) is 47.2 Å². The molecule has 33 heavy (non-hydrogen) atoms. The van der Waals surface area contributed by atoms with E-state index in [1.165, 1.54) is 0 Å². The molecule has 170 valence electrons. The highest BCUT2D eigenvalue weighted by atomic mass is 19.1. The van der Waals surface area contributed by atoms with Crippen LogP contribution in [0.15, 0.2) is 24.5 Å². The van der Waals surface area contributed by atoms with E-state index in [-0.39, 0.29) is 23.2 Å². The molecule has 0 radical (unpaired) electrons. The molecule has 1 atom stereocenters. The van der Waals surface area contributed by atoms with Crippen molar-refractivity contribution in [3.8, 4) is 17.2 Å². The minimum absolute atomic E-state index is 0.0117. The van der Waals surface area contributed by atoms with E-state index in [9.17, 15) is 10.1 Å². The summed E-state index contributed by atoms with van der Waals surface area (Å²) in [5.41, 5.74) is 3.16. The van der Waals surface area contributed by atoms with Gasteiger partial charge in [-0.25, -0.2) is 4.39 Å². The van der Waals surface area contributed by atoms with E-state index < -0.39 is 5.82 Å². The molecule has 5 rings (SSSR count). The third-order valence-electron chi connectivity index (χ3n) is 6.31. The molecule has 1 saturated heterocycles. The molecule has 1 N–H and O–H groups in total. The summed E-state index contributed by atoms with van der Waals surface area (Å²) < 4.78 is 24.5. The number of benzene rings is 1. The third-order valence-corrected chi connectivity index (χ3v) is 6.31. The lowest BCUT2D eigenvalue weighted by molar-refractivity contribution is -0.129. The van der Waals surface area contributed by atoms with Crippen LogP contribution in [0.5, 0.6) is 0 Å². The largest absolute Gasteiger partial charge is 0.379 e. The minimum atomic E-state index is -0.648. The average molecular weight is 449 g/mol. The fraction of sp³-hybridized carbons (Fsp3) is 0.391. The summed E-state index contributed by atoms with van der Waals surface area (Å²) in [6.45, 7) is 3.83. The fourth-order valence-electron chi connectivity index (χ4n) is 4.54. The number of carbonyl (C=O) groups excluding carboxylic acids is 1. The van der Waals surface area contributed by atoms with Gasteiger partial charge in [0.05, 0.1) is 36.6 Å². The third kappa shape index (κ3) is 3.74. The van der Waals surface area contributed by atoms with Crippen molar-refractivity contribution >= 4 is 17.4 Å². The van der Waals surface area contributed by atoms with E-state index in [0.29, 0.717) is 49.7 Å². The van der Waals surface area contributed by atoms with Crippen molar-refractivity contribution in [2.75, 3.05) is 25.1 Å². The van der Waals surface area contributed by atoms with Crippen LogP contribution in [0.2, 0.25) is 0 Å². The number of amides is 1. The highest BCUT2D eigenvalue weighted by molar-refractivity contribution is 5.76. The quantitative estimate of drug-likeness (QED) is 0.657. The van der Waals surface area contributed by atoms with Crippen molar-refractivity contribution in [1.29, 1.82) is 5.26 Å². The van der Waals surface area contributed by atoms with Crippen molar-refractivity contribution in [2.45, 2.75) is 32.4 Å². The molecule has 2 aliphatic rings. The Balaban J connectivity index is 1.54. The molecule has 0 aliphatic carbocycles. The van der Waals surface area contributed by atoms with Crippen molar-refractivity contribution in [3.63, 3.8) is 0 Å². The van der Waals surface area contributed by atoms with Crippen LogP contribution in [0, 0.1) is 17.1 Å². The topological polar surface area (TPSA) is 101 Å². The Kier molecular flexibility index (Phi) is 5.34. The zero-order valence-electron chi connectivity index (χ0n) is 18.5. The lowest BCUT2D eigenvalue weighted by atomic mass is 10.0. The molecule has 2 aliphatic heterocycles. The predicted octanol–water partition coefficient (Wildman–Crippen LogP) is 2.90. The highest BCUT2D eigenvalue weighted by Crippen LogP contribution is 2.35. The van der Waals surface area contributed by atoms with E-state index >= 15 is 4.39 Å². The fourth-order valence-corrected chi connectivity index (χ4v) is 4.54. The molecule has 2 aromatic heterocycles. The molecule has 0 spiro atoms. The summed E-state index contributed by atoms with van der Waals surface area (Å²) in [6, 6.07) is 5.41. The zero-order valence-corrected chi connectivity index (χ0v) is 18.5. The van der Waals surface area contributed by atoms with Crippen LogP contribution in [-0.2, 0) is 29.5 Å². The highest BCUT2D eigenvalue weighted by Gasteiger charge is 2.31. The Labute approximate surface area is 190 Å². The van der Waals surface area contributed by atoms with Gasteiger partial charge < -0.3 is 15.0 Å². The van der Waals surface area contributed by atoms with Crippen LogP contribution in [0.4, 0.5) is 15.9 Å². The van der Waals surface area contributed by atoms with Gasteiger partial charge in [-0.15, -0.1) is 0 Å². The molecule has 1 unspecified atom stereocenters.